The number of carbonyl (C=O) groups excluding carboxylic acids is 2. The van der Waals surface area contributed by atoms with Gasteiger partial charge < -0.3 is 15.2 Å². The van der Waals surface area contributed by atoms with Crippen molar-refractivity contribution in [3.05, 3.63) is 35.6 Å². The molecule has 4 nitrogen and oxygen atoms in total. The molecule has 1 rings (SSSR count). The Morgan fingerprint density at radius 3 is 2.35 bits per heavy atom. The van der Waals surface area contributed by atoms with Crippen molar-refractivity contribution in [3.63, 3.8) is 0 Å². The summed E-state index contributed by atoms with van der Waals surface area (Å²) >= 11 is 0. The molecule has 0 radical (unpaired) electrons. The average molecular weight is 238 g/mol. The highest BCUT2D eigenvalue weighted by molar-refractivity contribution is 5.96. The normalized spacial score (nSPS) is 12.2. The summed E-state index contributed by atoms with van der Waals surface area (Å²) in [5, 5.41) is 13.0. The predicted molar refractivity (Wildman–Crippen MR) is 57.5 cm³/mol. The molecule has 0 saturated carbocycles. The van der Waals surface area contributed by atoms with Gasteiger partial charge in [0, 0.05) is 0 Å². The smallest absolute Gasteiger partial charge is 0.254 e. The first-order valence-electron chi connectivity index (χ1n) is 5.19. The lowest BCUT2D eigenvalue weighted by atomic mass is 10.0. The number of benzene rings is 1. The molecule has 0 bridgehead atoms. The zero-order chi connectivity index (χ0) is 13.0. The summed E-state index contributed by atoms with van der Waals surface area (Å²) < 4.78 is 13.3. The quantitative estimate of drug-likeness (QED) is 0.821. The number of halogens is 1. The van der Waals surface area contributed by atoms with Crippen LogP contribution in [-0.2, 0) is 4.79 Å². The van der Waals surface area contributed by atoms with Gasteiger partial charge in [-0.25, -0.2) is 4.39 Å². The Kier molecular flexibility index (Phi) is 4.20. The van der Waals surface area contributed by atoms with E-state index in [0.29, 0.717) is 0 Å². The topological polar surface area (TPSA) is 69.2 Å². The van der Waals surface area contributed by atoms with E-state index in [0.717, 1.165) is 6.07 Å². The maximum absolute atomic E-state index is 13.3. The third-order valence-electron chi connectivity index (χ3n) is 2.33. The third-order valence-corrected chi connectivity index (χ3v) is 2.33. The number of hydrogen-bond donors (Lipinski definition) is 1. The molecule has 0 aliphatic heterocycles. The van der Waals surface area contributed by atoms with E-state index in [9.17, 15) is 19.1 Å². The Bertz CT molecular complexity index is 432. The highest BCUT2D eigenvalue weighted by atomic mass is 19.1. The molecule has 1 atom stereocenters. The summed E-state index contributed by atoms with van der Waals surface area (Å²) in [6.45, 7) is 3.25. The highest BCUT2D eigenvalue weighted by Crippen LogP contribution is 2.08. The van der Waals surface area contributed by atoms with Crippen LogP contribution < -0.4 is 10.4 Å². The molecule has 0 aliphatic carbocycles. The van der Waals surface area contributed by atoms with Gasteiger partial charge in [0.05, 0.1) is 17.6 Å². The molecule has 5 heteroatoms. The molecule has 1 amide bonds. The fourth-order valence-electron chi connectivity index (χ4n) is 1.36. The number of carboxylic acid groups (broad SMARTS) is 1. The molecule has 17 heavy (non-hydrogen) atoms. The van der Waals surface area contributed by atoms with Crippen molar-refractivity contribution >= 4 is 11.9 Å². The lowest BCUT2D eigenvalue weighted by Crippen LogP contribution is -2.50. The fraction of sp³-hybridized carbons (Fsp3) is 0.333. The van der Waals surface area contributed by atoms with Crippen LogP contribution in [0.5, 0.6) is 0 Å². The van der Waals surface area contributed by atoms with Crippen LogP contribution in [0.25, 0.3) is 0 Å². The molecule has 0 aliphatic rings. The fourth-order valence-corrected chi connectivity index (χ4v) is 1.36. The van der Waals surface area contributed by atoms with Gasteiger partial charge in [-0.15, -0.1) is 0 Å². The van der Waals surface area contributed by atoms with E-state index in [4.69, 9.17) is 0 Å². The second-order valence-corrected chi connectivity index (χ2v) is 3.99. The first-order valence-corrected chi connectivity index (χ1v) is 5.19. The van der Waals surface area contributed by atoms with Crippen LogP contribution in [0.1, 0.15) is 24.2 Å². The molecule has 0 saturated heterocycles. The van der Waals surface area contributed by atoms with E-state index < -0.39 is 23.7 Å². The maximum Gasteiger partial charge on any atom is 0.254 e. The molecule has 0 heterocycles. The summed E-state index contributed by atoms with van der Waals surface area (Å²) in [6.07, 6.45) is 0. The van der Waals surface area contributed by atoms with Crippen LogP contribution in [0.3, 0.4) is 0 Å². The number of hydrogen-bond acceptors (Lipinski definition) is 3. The predicted octanol–water partition coefficient (Wildman–Crippen LogP) is 0.330. The van der Waals surface area contributed by atoms with Crippen LogP contribution in [0, 0.1) is 11.7 Å². The standard InChI is InChI=1S/C12H14FNO3/c1-7(2)10(12(16)17)14-11(15)8-5-3-4-6-9(8)13/h3-7,10H,1-2H3,(H,14,15)(H,16,17)/p-1/t10-/m1/s1. The molecule has 1 aromatic carbocycles. The van der Waals surface area contributed by atoms with E-state index in [2.05, 4.69) is 5.32 Å². The van der Waals surface area contributed by atoms with E-state index >= 15 is 0 Å². The largest absolute Gasteiger partial charge is 0.548 e. The first-order chi connectivity index (χ1) is 7.93. The molecule has 1 aromatic rings. The molecule has 0 spiro atoms. The lowest BCUT2D eigenvalue weighted by molar-refractivity contribution is -0.309. The maximum atomic E-state index is 13.3. The molecule has 0 unspecified atom stereocenters. The highest BCUT2D eigenvalue weighted by Gasteiger charge is 2.19. The number of amides is 1. The Morgan fingerprint density at radius 1 is 1.29 bits per heavy atom. The Hall–Kier alpha value is -1.91. The minimum absolute atomic E-state index is 0.181. The monoisotopic (exact) mass is 238 g/mol. The number of rotatable bonds is 4. The van der Waals surface area contributed by atoms with Gasteiger partial charge in [-0.3, -0.25) is 4.79 Å². The van der Waals surface area contributed by atoms with E-state index in [1.54, 1.807) is 13.8 Å². The second kappa shape index (κ2) is 5.43. The van der Waals surface area contributed by atoms with Crippen molar-refractivity contribution in [1.29, 1.82) is 0 Å². The van der Waals surface area contributed by atoms with Gasteiger partial charge in [0.25, 0.3) is 5.91 Å². The van der Waals surface area contributed by atoms with Crippen LogP contribution in [0.15, 0.2) is 24.3 Å². The first kappa shape index (κ1) is 13.2. The summed E-state index contributed by atoms with van der Waals surface area (Å²) in [5.41, 5.74) is -0.181. The van der Waals surface area contributed by atoms with E-state index in [-0.39, 0.29) is 11.5 Å². The summed E-state index contributed by atoms with van der Waals surface area (Å²) in [5.74, 6) is -3.17. The number of nitrogens with one attached hydrogen (secondary N) is 1. The zero-order valence-corrected chi connectivity index (χ0v) is 9.57. The molecule has 92 valence electrons. The van der Waals surface area contributed by atoms with Crippen molar-refractivity contribution in [1.82, 2.24) is 5.32 Å². The van der Waals surface area contributed by atoms with Gasteiger partial charge in [0.15, 0.2) is 0 Å². The van der Waals surface area contributed by atoms with Gasteiger partial charge >= 0.3 is 0 Å². The molecular weight excluding hydrogens is 225 g/mol. The minimum Gasteiger partial charge on any atom is -0.548 e. The zero-order valence-electron chi connectivity index (χ0n) is 9.57. The number of carboxylic acids is 1. The van der Waals surface area contributed by atoms with Gasteiger partial charge in [-0.2, -0.15) is 0 Å². The minimum atomic E-state index is -1.38. The second-order valence-electron chi connectivity index (χ2n) is 3.99. The van der Waals surface area contributed by atoms with Crippen molar-refractivity contribution in [2.75, 3.05) is 0 Å². The number of aliphatic carboxylic acids is 1. The van der Waals surface area contributed by atoms with Gasteiger partial charge in [0.1, 0.15) is 5.82 Å². The Balaban J connectivity index is 2.85. The molecule has 1 N–H and O–H groups in total. The molecule has 0 aromatic heterocycles. The number of carbonyl (C=O) groups is 2. The Labute approximate surface area is 98.5 Å². The van der Waals surface area contributed by atoms with Crippen molar-refractivity contribution < 1.29 is 19.1 Å². The van der Waals surface area contributed by atoms with Crippen LogP contribution in [0.4, 0.5) is 4.39 Å². The van der Waals surface area contributed by atoms with Crippen molar-refractivity contribution in [3.8, 4) is 0 Å². The van der Waals surface area contributed by atoms with E-state index in [1.807, 2.05) is 0 Å². The van der Waals surface area contributed by atoms with Crippen LogP contribution in [-0.4, -0.2) is 17.9 Å². The summed E-state index contributed by atoms with van der Waals surface area (Å²) in [4.78, 5) is 22.4. The van der Waals surface area contributed by atoms with Crippen molar-refractivity contribution in [2.45, 2.75) is 19.9 Å². The van der Waals surface area contributed by atoms with E-state index in [1.165, 1.54) is 18.2 Å². The van der Waals surface area contributed by atoms with Crippen LogP contribution >= 0.6 is 0 Å². The van der Waals surface area contributed by atoms with Crippen molar-refractivity contribution in [2.24, 2.45) is 5.92 Å². The van der Waals surface area contributed by atoms with Gasteiger partial charge in [-0.05, 0) is 18.1 Å². The summed E-state index contributed by atoms with van der Waals surface area (Å²) in [6, 6.07) is 4.24. The van der Waals surface area contributed by atoms with Gasteiger partial charge in [-0.1, -0.05) is 26.0 Å². The summed E-state index contributed by atoms with van der Waals surface area (Å²) in [7, 11) is 0. The SMILES string of the molecule is CC(C)[C@@H](NC(=O)c1ccccc1F)C(=O)[O-]. The average Bonchev–Trinajstić information content (AvgIpc) is 2.25. The van der Waals surface area contributed by atoms with Crippen LogP contribution in [0.2, 0.25) is 0 Å². The third kappa shape index (κ3) is 3.27. The Morgan fingerprint density at radius 2 is 1.88 bits per heavy atom. The lowest BCUT2D eigenvalue weighted by Gasteiger charge is -2.23. The van der Waals surface area contributed by atoms with Gasteiger partial charge in [0.2, 0.25) is 0 Å². The molecular formula is C12H13FNO3-. The molecule has 0 fully saturated rings.